The van der Waals surface area contributed by atoms with E-state index in [9.17, 15) is 0 Å². The van der Waals surface area contributed by atoms with Gasteiger partial charge in [0.1, 0.15) is 0 Å². The molecule has 0 amide bonds. The quantitative estimate of drug-likeness (QED) is 0.909. The van der Waals surface area contributed by atoms with Gasteiger partial charge in [-0.3, -0.25) is 0 Å². The van der Waals surface area contributed by atoms with Gasteiger partial charge in [-0.1, -0.05) is 23.7 Å². The van der Waals surface area contributed by atoms with Gasteiger partial charge in [0.2, 0.25) is 0 Å². The molecule has 20 heavy (non-hydrogen) atoms. The maximum atomic E-state index is 6.24. The number of imidazole rings is 1. The molecule has 1 aliphatic carbocycles. The summed E-state index contributed by atoms with van der Waals surface area (Å²) in [5.74, 6) is 0. The largest absolute Gasteiger partial charge is 0.328 e. The molecule has 1 aromatic heterocycles. The van der Waals surface area contributed by atoms with Crippen molar-refractivity contribution in [2.24, 2.45) is 5.73 Å². The molecule has 1 saturated carbocycles. The normalized spacial score (nSPS) is 22.9. The van der Waals surface area contributed by atoms with Gasteiger partial charge in [-0.15, -0.1) is 0 Å². The van der Waals surface area contributed by atoms with Gasteiger partial charge in [-0.05, 0) is 44.2 Å². The summed E-state index contributed by atoms with van der Waals surface area (Å²) in [4.78, 5) is 4.33. The van der Waals surface area contributed by atoms with Crippen LogP contribution in [0.4, 0.5) is 0 Å². The summed E-state index contributed by atoms with van der Waals surface area (Å²) < 4.78 is 2.28. The summed E-state index contributed by atoms with van der Waals surface area (Å²) in [6, 6.07) is 7.08. The van der Waals surface area contributed by atoms with Crippen LogP contribution in [0, 0.1) is 6.92 Å². The molecule has 2 aromatic rings. The number of aryl methyl sites for hydroxylation is 1. The van der Waals surface area contributed by atoms with Crippen LogP contribution in [0.1, 0.15) is 37.3 Å². The number of halogens is 1. The van der Waals surface area contributed by atoms with E-state index in [4.69, 9.17) is 17.3 Å². The summed E-state index contributed by atoms with van der Waals surface area (Å²) in [6.45, 7) is 2.02. The van der Waals surface area contributed by atoms with Crippen LogP contribution in [0.15, 0.2) is 30.7 Å². The van der Waals surface area contributed by atoms with Crippen molar-refractivity contribution in [1.82, 2.24) is 9.55 Å². The fourth-order valence-corrected chi connectivity index (χ4v) is 3.13. The van der Waals surface area contributed by atoms with Crippen molar-refractivity contribution < 1.29 is 0 Å². The van der Waals surface area contributed by atoms with E-state index >= 15 is 0 Å². The zero-order chi connectivity index (χ0) is 14.1. The summed E-state index contributed by atoms with van der Waals surface area (Å²) in [6.07, 6.45) is 8.31. The van der Waals surface area contributed by atoms with Crippen LogP contribution in [0.25, 0.3) is 11.3 Å². The van der Waals surface area contributed by atoms with Crippen LogP contribution in [-0.2, 0) is 0 Å². The number of aromatic nitrogens is 2. The van der Waals surface area contributed by atoms with Gasteiger partial charge >= 0.3 is 0 Å². The molecule has 1 fully saturated rings. The molecule has 106 valence electrons. The predicted molar refractivity (Wildman–Crippen MR) is 82.9 cm³/mol. The van der Waals surface area contributed by atoms with Crippen LogP contribution in [-0.4, -0.2) is 15.6 Å². The number of nitrogens with two attached hydrogens (primary N) is 1. The lowest BCUT2D eigenvalue weighted by atomic mass is 9.91. The van der Waals surface area contributed by atoms with Crippen LogP contribution in [0.5, 0.6) is 0 Å². The van der Waals surface area contributed by atoms with Crippen molar-refractivity contribution in [3.63, 3.8) is 0 Å². The first kappa shape index (κ1) is 13.7. The second-order valence-corrected chi connectivity index (χ2v) is 6.13. The van der Waals surface area contributed by atoms with E-state index < -0.39 is 0 Å². The lowest BCUT2D eigenvalue weighted by Gasteiger charge is -2.28. The highest BCUT2D eigenvalue weighted by atomic mass is 35.5. The van der Waals surface area contributed by atoms with Gasteiger partial charge in [-0.25, -0.2) is 4.98 Å². The van der Waals surface area contributed by atoms with E-state index in [2.05, 4.69) is 21.7 Å². The third-order valence-corrected chi connectivity index (χ3v) is 4.68. The highest BCUT2D eigenvalue weighted by molar-refractivity contribution is 6.31. The van der Waals surface area contributed by atoms with Gasteiger partial charge in [-0.2, -0.15) is 0 Å². The molecule has 3 nitrogen and oxygen atoms in total. The molecule has 0 atom stereocenters. The summed E-state index contributed by atoms with van der Waals surface area (Å²) >= 11 is 6.24. The second-order valence-electron chi connectivity index (χ2n) is 5.72. The van der Waals surface area contributed by atoms with Gasteiger partial charge in [0.15, 0.2) is 0 Å². The topological polar surface area (TPSA) is 43.8 Å². The van der Waals surface area contributed by atoms with E-state index in [0.717, 1.165) is 47.5 Å². The van der Waals surface area contributed by atoms with Crippen LogP contribution in [0.3, 0.4) is 0 Å². The van der Waals surface area contributed by atoms with Crippen molar-refractivity contribution in [2.45, 2.75) is 44.7 Å². The monoisotopic (exact) mass is 289 g/mol. The smallest absolute Gasteiger partial charge is 0.0953 e. The van der Waals surface area contributed by atoms with E-state index in [1.165, 1.54) is 0 Å². The Kier molecular flexibility index (Phi) is 3.81. The van der Waals surface area contributed by atoms with Crippen molar-refractivity contribution in [3.8, 4) is 11.3 Å². The SMILES string of the molecule is Cc1ccc(-c2cncn2C2CCC(N)CC2)cc1Cl. The Hall–Kier alpha value is -1.32. The number of hydrogen-bond donors (Lipinski definition) is 1. The molecule has 4 heteroatoms. The summed E-state index contributed by atoms with van der Waals surface area (Å²) in [5.41, 5.74) is 9.37. The first-order valence-electron chi connectivity index (χ1n) is 7.19. The molecule has 2 N–H and O–H groups in total. The second kappa shape index (κ2) is 5.58. The molecule has 1 aliphatic rings. The lowest BCUT2D eigenvalue weighted by molar-refractivity contribution is 0.325. The Labute approximate surface area is 124 Å². The molecular formula is C16H20ClN3. The minimum atomic E-state index is 0.368. The minimum Gasteiger partial charge on any atom is -0.328 e. The maximum Gasteiger partial charge on any atom is 0.0953 e. The highest BCUT2D eigenvalue weighted by Crippen LogP contribution is 2.33. The summed E-state index contributed by atoms with van der Waals surface area (Å²) in [7, 11) is 0. The molecule has 0 spiro atoms. The van der Waals surface area contributed by atoms with Crippen LogP contribution < -0.4 is 5.73 Å². The Morgan fingerprint density at radius 1 is 1.25 bits per heavy atom. The number of benzene rings is 1. The fraction of sp³-hybridized carbons (Fsp3) is 0.438. The molecular weight excluding hydrogens is 270 g/mol. The average Bonchev–Trinajstić information content (AvgIpc) is 2.92. The average molecular weight is 290 g/mol. The number of hydrogen-bond acceptors (Lipinski definition) is 2. The minimum absolute atomic E-state index is 0.368. The highest BCUT2D eigenvalue weighted by Gasteiger charge is 2.21. The van der Waals surface area contributed by atoms with Gasteiger partial charge in [0, 0.05) is 22.7 Å². The third-order valence-electron chi connectivity index (χ3n) is 4.27. The Morgan fingerprint density at radius 2 is 2.00 bits per heavy atom. The summed E-state index contributed by atoms with van der Waals surface area (Å²) in [5, 5.41) is 0.806. The standard InChI is InChI=1S/C16H20ClN3/c1-11-2-3-12(8-15(11)17)16-9-19-10-20(16)14-6-4-13(18)5-7-14/h2-3,8-10,13-14H,4-7,18H2,1H3. The fourth-order valence-electron chi connectivity index (χ4n) is 2.95. The molecule has 0 bridgehead atoms. The van der Waals surface area contributed by atoms with Crippen molar-refractivity contribution >= 4 is 11.6 Å². The first-order chi connectivity index (χ1) is 9.65. The lowest BCUT2D eigenvalue weighted by Crippen LogP contribution is -2.27. The molecule has 0 saturated heterocycles. The van der Waals surface area contributed by atoms with E-state index in [0.29, 0.717) is 12.1 Å². The molecule has 0 unspecified atom stereocenters. The van der Waals surface area contributed by atoms with Crippen LogP contribution >= 0.6 is 11.6 Å². The van der Waals surface area contributed by atoms with E-state index in [1.54, 1.807) is 0 Å². The zero-order valence-electron chi connectivity index (χ0n) is 11.7. The van der Waals surface area contributed by atoms with Crippen LogP contribution in [0.2, 0.25) is 5.02 Å². The predicted octanol–water partition coefficient (Wildman–Crippen LogP) is 3.95. The molecule has 0 aliphatic heterocycles. The van der Waals surface area contributed by atoms with E-state index in [-0.39, 0.29) is 0 Å². The molecule has 3 rings (SSSR count). The molecule has 1 aromatic carbocycles. The van der Waals surface area contributed by atoms with Gasteiger partial charge in [0.05, 0.1) is 18.2 Å². The molecule has 1 heterocycles. The van der Waals surface area contributed by atoms with E-state index in [1.807, 2.05) is 25.5 Å². The van der Waals surface area contributed by atoms with Crippen molar-refractivity contribution in [1.29, 1.82) is 0 Å². The maximum absolute atomic E-state index is 6.24. The van der Waals surface area contributed by atoms with Crippen molar-refractivity contribution in [3.05, 3.63) is 41.3 Å². The zero-order valence-corrected chi connectivity index (χ0v) is 12.5. The van der Waals surface area contributed by atoms with Gasteiger partial charge < -0.3 is 10.3 Å². The molecule has 0 radical (unpaired) electrons. The Bertz CT molecular complexity index is 598. The number of rotatable bonds is 2. The van der Waals surface area contributed by atoms with Gasteiger partial charge in [0.25, 0.3) is 0 Å². The first-order valence-corrected chi connectivity index (χ1v) is 7.57. The van der Waals surface area contributed by atoms with Crippen molar-refractivity contribution in [2.75, 3.05) is 0 Å². The Morgan fingerprint density at radius 3 is 2.70 bits per heavy atom. The number of nitrogens with zero attached hydrogens (tertiary/aromatic N) is 2. The Balaban J connectivity index is 1.91. The third kappa shape index (κ3) is 2.60.